The molecule has 4 aliphatic rings. The molecule has 0 spiro atoms. The number of rotatable bonds is 6. The van der Waals surface area contributed by atoms with E-state index in [0.29, 0.717) is 57.8 Å². The van der Waals surface area contributed by atoms with E-state index in [9.17, 15) is 49.5 Å². The van der Waals surface area contributed by atoms with Gasteiger partial charge in [0.15, 0.2) is 5.78 Å². The van der Waals surface area contributed by atoms with E-state index in [1.54, 1.807) is 40.9 Å². The molecule has 4 rings (SSSR count). The number of esters is 1. The highest BCUT2D eigenvalue weighted by Crippen LogP contribution is 2.38. The van der Waals surface area contributed by atoms with E-state index in [1.807, 2.05) is 51.2 Å². The third-order valence-electron chi connectivity index (χ3n) is 14.8. The second-order valence-corrected chi connectivity index (χ2v) is 19.9. The number of carbonyl (C=O) groups excluding carboxylic acids is 5. The Bertz CT molecular complexity index is 1760. The van der Waals surface area contributed by atoms with Crippen LogP contribution in [0.4, 0.5) is 0 Å². The van der Waals surface area contributed by atoms with Crippen molar-refractivity contribution < 1.29 is 63.7 Å². The minimum atomic E-state index is -2.46. The van der Waals surface area contributed by atoms with Gasteiger partial charge in [0.2, 0.25) is 5.79 Å². The molecular formula is C51H79NO13. The molecule has 2 bridgehead atoms. The highest BCUT2D eigenvalue weighted by molar-refractivity contribution is 6.39. The van der Waals surface area contributed by atoms with Crippen LogP contribution in [0.2, 0.25) is 0 Å². The van der Waals surface area contributed by atoms with E-state index >= 15 is 0 Å². The summed E-state index contributed by atoms with van der Waals surface area (Å²) in [5.74, 6) is -9.76. The van der Waals surface area contributed by atoms with Gasteiger partial charge in [-0.3, -0.25) is 19.2 Å². The van der Waals surface area contributed by atoms with Crippen molar-refractivity contribution in [2.24, 2.45) is 47.3 Å². The fraction of sp³-hybridized carbons (Fsp3) is 0.745. The first kappa shape index (κ1) is 54.2. The van der Waals surface area contributed by atoms with Gasteiger partial charge >= 0.3 is 5.97 Å². The molecule has 1 unspecified atom stereocenters. The number of amides is 1. The van der Waals surface area contributed by atoms with Crippen molar-refractivity contribution in [2.75, 3.05) is 26.9 Å². The quantitative estimate of drug-likeness (QED) is 0.168. The van der Waals surface area contributed by atoms with E-state index in [4.69, 9.17) is 14.2 Å². The molecule has 14 heteroatoms. The van der Waals surface area contributed by atoms with Crippen LogP contribution in [0.25, 0.3) is 0 Å². The lowest BCUT2D eigenvalue weighted by Gasteiger charge is -2.42. The van der Waals surface area contributed by atoms with Crippen LogP contribution in [-0.4, -0.2) is 129 Å². The zero-order chi connectivity index (χ0) is 48.2. The van der Waals surface area contributed by atoms with Crippen molar-refractivity contribution in [2.45, 2.75) is 168 Å². The Morgan fingerprint density at radius 2 is 1.62 bits per heavy atom. The van der Waals surface area contributed by atoms with E-state index < -0.39 is 84.2 Å². The molecule has 1 amide bonds. The topological polar surface area (TPSA) is 217 Å². The molecule has 1 aliphatic carbocycles. The molecule has 3 fully saturated rings. The summed E-state index contributed by atoms with van der Waals surface area (Å²) < 4.78 is 17.9. The van der Waals surface area contributed by atoms with Crippen molar-refractivity contribution in [1.82, 2.24) is 4.90 Å². The lowest BCUT2D eigenvalue weighted by molar-refractivity contribution is -0.265. The Morgan fingerprint density at radius 1 is 0.892 bits per heavy atom. The maximum absolute atomic E-state index is 14.3. The van der Waals surface area contributed by atoms with Crippen molar-refractivity contribution in [3.05, 3.63) is 47.6 Å². The summed E-state index contributed by atoms with van der Waals surface area (Å²) in [6, 6.07) is -1.17. The number of cyclic esters (lactones) is 1. The van der Waals surface area contributed by atoms with Crippen molar-refractivity contribution in [3.8, 4) is 0 Å². The number of Topliss-reactive ketones (excluding diaryl/α,β-unsaturated/α-hetero) is 3. The van der Waals surface area contributed by atoms with Gasteiger partial charge in [-0.05, 0) is 108 Å². The summed E-state index contributed by atoms with van der Waals surface area (Å²) >= 11 is 0. The normalized spacial score (nSPS) is 38.6. The number of allylic oxidation sites excluding steroid dienone is 6. The van der Waals surface area contributed by atoms with E-state index in [2.05, 4.69) is 0 Å². The number of aliphatic hydroxyl groups excluding tert-OH is 4. The number of hydrogen-bond donors (Lipinski definition) is 5. The smallest absolute Gasteiger partial charge is 0.329 e. The summed E-state index contributed by atoms with van der Waals surface area (Å²) in [4.78, 5) is 71.6. The van der Waals surface area contributed by atoms with Gasteiger partial charge in [-0.1, -0.05) is 76.6 Å². The summed E-state index contributed by atoms with van der Waals surface area (Å²) in [7, 11) is 1.56. The molecule has 5 N–H and O–H groups in total. The molecule has 2 saturated heterocycles. The first-order valence-corrected chi connectivity index (χ1v) is 24.1. The number of hydrogen-bond acceptors (Lipinski definition) is 13. The average Bonchev–Trinajstić information content (AvgIpc) is 3.28. The fourth-order valence-corrected chi connectivity index (χ4v) is 10.3. The molecule has 0 radical (unpaired) electrons. The molecule has 0 aromatic heterocycles. The number of piperidine rings is 1. The van der Waals surface area contributed by atoms with E-state index in [-0.39, 0.29) is 79.3 Å². The number of aliphatic hydroxyl groups is 5. The number of carbonyl (C=O) groups is 5. The zero-order valence-electron chi connectivity index (χ0n) is 40.1. The largest absolute Gasteiger partial charge is 0.460 e. The maximum atomic E-state index is 14.3. The van der Waals surface area contributed by atoms with Crippen LogP contribution in [0, 0.1) is 47.3 Å². The lowest BCUT2D eigenvalue weighted by Crippen LogP contribution is -2.60. The Hall–Kier alpha value is -3.37. The first-order valence-electron chi connectivity index (χ1n) is 24.1. The van der Waals surface area contributed by atoms with Crippen LogP contribution in [0.5, 0.6) is 0 Å². The van der Waals surface area contributed by atoms with Gasteiger partial charge < -0.3 is 44.6 Å². The summed E-state index contributed by atoms with van der Waals surface area (Å²) in [5, 5.41) is 54.5. The molecule has 1 saturated carbocycles. The Kier molecular flexibility index (Phi) is 21.0. The van der Waals surface area contributed by atoms with E-state index in [0.717, 1.165) is 10.5 Å². The van der Waals surface area contributed by atoms with Crippen molar-refractivity contribution >= 4 is 29.2 Å². The van der Waals surface area contributed by atoms with Crippen molar-refractivity contribution in [3.63, 3.8) is 0 Å². The highest BCUT2D eigenvalue weighted by Gasteiger charge is 2.53. The standard InChI is InChI=1S/C51H79NO13/c1-30-14-10-9-11-15-31(2)38(28-53)26-39-19-17-36(7)51(62,65-39)48(59)49(60)52-21-13-12-16-41(52)50(61)64-44(33(4)24-37-18-20-42(55)45(25-37)63-8)27-43(56)32(3)23-35(6)47(58)40(29-54)46(57)34(5)22-30/h9-11,14-15,23,30,33-42,44-45,47,53-55,58,62H,12-13,16-22,24-29H2,1-8H3/b11-9?,14-10?,31-15?,32-23+/t30-,33-,34-,35?,36-,37+,38-,39+,40+,41+,42-,44+,45-,47-,51-/m1/s1. The minimum absolute atomic E-state index is 0.0194. The number of ketones is 3. The molecular weight excluding hydrogens is 835 g/mol. The van der Waals surface area contributed by atoms with Gasteiger partial charge in [0.25, 0.3) is 11.7 Å². The molecule has 15 atom stereocenters. The highest BCUT2D eigenvalue weighted by atomic mass is 16.6. The van der Waals surface area contributed by atoms with Gasteiger partial charge in [0, 0.05) is 50.4 Å². The van der Waals surface area contributed by atoms with Gasteiger partial charge in [0.05, 0.1) is 36.9 Å². The van der Waals surface area contributed by atoms with E-state index in [1.165, 1.54) is 0 Å². The second-order valence-electron chi connectivity index (χ2n) is 19.9. The van der Waals surface area contributed by atoms with Gasteiger partial charge in [-0.25, -0.2) is 4.79 Å². The van der Waals surface area contributed by atoms with Crippen LogP contribution >= 0.6 is 0 Å². The average molecular weight is 914 g/mol. The number of nitrogens with zero attached hydrogens (tertiary/aromatic N) is 1. The second kappa shape index (κ2) is 25.1. The number of methoxy groups -OCH3 is 1. The molecule has 14 nitrogen and oxygen atoms in total. The predicted octanol–water partition coefficient (Wildman–Crippen LogP) is 5.37. The van der Waals surface area contributed by atoms with Gasteiger partial charge in [-0.15, -0.1) is 0 Å². The zero-order valence-corrected chi connectivity index (χ0v) is 40.1. The predicted molar refractivity (Wildman–Crippen MR) is 245 cm³/mol. The van der Waals surface area contributed by atoms with Crippen molar-refractivity contribution in [1.29, 1.82) is 0 Å². The Labute approximate surface area is 386 Å². The van der Waals surface area contributed by atoms with Crippen LogP contribution < -0.4 is 0 Å². The van der Waals surface area contributed by atoms with Gasteiger partial charge in [-0.2, -0.15) is 0 Å². The third-order valence-corrected chi connectivity index (χ3v) is 14.8. The lowest BCUT2D eigenvalue weighted by atomic mass is 9.78. The van der Waals surface area contributed by atoms with Crippen LogP contribution in [0.1, 0.15) is 126 Å². The molecule has 0 aromatic rings. The SMILES string of the molecule is CO[C@@H]1C[C@H](C[C@@H](C)[C@@H]2CC(=O)/C(C)=C/C(C)[C@@H](O)[C@@H](CO)C(=O)[C@H](C)C[C@H](C)C=CC=CC=C(C)[C@@H](CO)C[C@@H]3CC[C@@H](C)[C@@](O)(O3)C(=O)C(=O)N3CCCC[C@H]3C(=O)O2)CC[C@H]1O. The Balaban J connectivity index is 1.70. The third kappa shape index (κ3) is 14.3. The molecule has 366 valence electrons. The molecule has 3 heterocycles. The molecule has 3 aliphatic heterocycles. The fourth-order valence-electron chi connectivity index (χ4n) is 10.3. The molecule has 0 aromatic carbocycles. The Morgan fingerprint density at radius 3 is 2.29 bits per heavy atom. The molecule has 65 heavy (non-hydrogen) atoms. The van der Waals surface area contributed by atoms with Gasteiger partial charge in [0.1, 0.15) is 17.9 Å². The monoisotopic (exact) mass is 914 g/mol. The summed E-state index contributed by atoms with van der Waals surface area (Å²) in [5.41, 5.74) is 1.12. The van der Waals surface area contributed by atoms with Crippen LogP contribution in [0.15, 0.2) is 47.6 Å². The summed E-state index contributed by atoms with van der Waals surface area (Å²) in [6.45, 7) is 11.7. The minimum Gasteiger partial charge on any atom is -0.460 e. The first-order chi connectivity index (χ1) is 30.7. The number of ether oxygens (including phenoxy) is 3. The van der Waals surface area contributed by atoms with Crippen LogP contribution in [0.3, 0.4) is 0 Å². The van der Waals surface area contributed by atoms with Crippen LogP contribution in [-0.2, 0) is 38.2 Å². The maximum Gasteiger partial charge on any atom is 0.329 e. The summed E-state index contributed by atoms with van der Waals surface area (Å²) in [6.07, 6.45) is 12.1. The number of fused-ring (bicyclic) bond motifs is 3.